The van der Waals surface area contributed by atoms with Gasteiger partial charge in [0.2, 0.25) is 5.88 Å². The van der Waals surface area contributed by atoms with E-state index < -0.39 is 5.97 Å². The van der Waals surface area contributed by atoms with Gasteiger partial charge in [0.15, 0.2) is 0 Å². The van der Waals surface area contributed by atoms with Crippen molar-refractivity contribution in [3.05, 3.63) is 41.0 Å². The monoisotopic (exact) mass is 274 g/mol. The number of pyridine rings is 1. The van der Waals surface area contributed by atoms with Crippen LogP contribution in [-0.4, -0.2) is 33.1 Å². The number of ether oxygens (including phenoxy) is 1. The highest BCUT2D eigenvalue weighted by molar-refractivity contribution is 5.93. The van der Waals surface area contributed by atoms with Crippen molar-refractivity contribution in [2.75, 3.05) is 12.8 Å². The van der Waals surface area contributed by atoms with Crippen molar-refractivity contribution in [3.63, 3.8) is 0 Å². The van der Waals surface area contributed by atoms with Gasteiger partial charge in [0.25, 0.3) is 0 Å². The molecule has 2 heterocycles. The number of carboxylic acids is 1. The second kappa shape index (κ2) is 5.52. The molecule has 2 aromatic heterocycles. The number of aromatic nitrogens is 3. The number of methoxy groups -OCH3 is 1. The molecule has 7 heteroatoms. The quantitative estimate of drug-likeness (QED) is 0.857. The third-order valence-electron chi connectivity index (χ3n) is 2.75. The lowest BCUT2D eigenvalue weighted by Gasteiger charge is -2.07. The minimum absolute atomic E-state index is 0.0264. The fourth-order valence-electron chi connectivity index (χ4n) is 1.82. The minimum Gasteiger partial charge on any atom is -0.481 e. The van der Waals surface area contributed by atoms with Crippen LogP contribution in [0.1, 0.15) is 27.4 Å². The van der Waals surface area contributed by atoms with Crippen LogP contribution in [0.2, 0.25) is 0 Å². The van der Waals surface area contributed by atoms with Crippen molar-refractivity contribution >= 4 is 11.8 Å². The average molecular weight is 274 g/mol. The van der Waals surface area contributed by atoms with Gasteiger partial charge in [-0.1, -0.05) is 6.07 Å². The summed E-state index contributed by atoms with van der Waals surface area (Å²) in [6.07, 6.45) is 2.07. The maximum atomic E-state index is 11.0. The second-order valence-electron chi connectivity index (χ2n) is 4.18. The van der Waals surface area contributed by atoms with E-state index in [0.717, 1.165) is 5.56 Å². The van der Waals surface area contributed by atoms with Gasteiger partial charge in [-0.25, -0.2) is 19.7 Å². The number of nitrogens with two attached hydrogens (primary N) is 1. The van der Waals surface area contributed by atoms with Crippen molar-refractivity contribution in [2.45, 2.75) is 13.3 Å². The van der Waals surface area contributed by atoms with E-state index in [4.69, 9.17) is 15.6 Å². The molecule has 0 bridgehead atoms. The van der Waals surface area contributed by atoms with E-state index in [-0.39, 0.29) is 11.4 Å². The van der Waals surface area contributed by atoms with Crippen molar-refractivity contribution in [3.8, 4) is 5.88 Å². The zero-order valence-electron chi connectivity index (χ0n) is 11.1. The van der Waals surface area contributed by atoms with Crippen LogP contribution in [-0.2, 0) is 6.42 Å². The Kier molecular flexibility index (Phi) is 3.79. The zero-order chi connectivity index (χ0) is 14.7. The van der Waals surface area contributed by atoms with Gasteiger partial charge >= 0.3 is 5.97 Å². The normalized spacial score (nSPS) is 10.3. The first-order valence-electron chi connectivity index (χ1n) is 5.86. The molecule has 7 nitrogen and oxygen atoms in total. The average Bonchev–Trinajstić information content (AvgIpc) is 2.38. The number of carboxylic acid groups (broad SMARTS) is 1. The molecule has 0 radical (unpaired) electrons. The van der Waals surface area contributed by atoms with Crippen molar-refractivity contribution in [1.82, 2.24) is 15.0 Å². The largest absolute Gasteiger partial charge is 0.481 e. The third kappa shape index (κ3) is 2.82. The van der Waals surface area contributed by atoms with E-state index in [1.807, 2.05) is 6.07 Å². The molecule has 0 atom stereocenters. The van der Waals surface area contributed by atoms with Crippen LogP contribution in [0.4, 0.5) is 5.82 Å². The Bertz CT molecular complexity index is 618. The minimum atomic E-state index is -1.13. The Balaban J connectivity index is 2.27. The topological polar surface area (TPSA) is 111 Å². The first-order valence-corrected chi connectivity index (χ1v) is 5.86. The molecule has 2 rings (SSSR count). The van der Waals surface area contributed by atoms with E-state index in [9.17, 15) is 4.79 Å². The van der Waals surface area contributed by atoms with Gasteiger partial charge in [0.05, 0.1) is 12.8 Å². The molecule has 0 spiro atoms. The van der Waals surface area contributed by atoms with Crippen LogP contribution >= 0.6 is 0 Å². The summed E-state index contributed by atoms with van der Waals surface area (Å²) in [6, 6.07) is 3.57. The van der Waals surface area contributed by atoms with Gasteiger partial charge in [-0.15, -0.1) is 0 Å². The molecule has 104 valence electrons. The zero-order valence-corrected chi connectivity index (χ0v) is 11.1. The highest BCUT2D eigenvalue weighted by Gasteiger charge is 2.15. The van der Waals surface area contributed by atoms with Gasteiger partial charge in [0, 0.05) is 18.7 Å². The predicted molar refractivity (Wildman–Crippen MR) is 71.7 cm³/mol. The van der Waals surface area contributed by atoms with Crippen LogP contribution in [0.3, 0.4) is 0 Å². The highest BCUT2D eigenvalue weighted by Crippen LogP contribution is 2.15. The van der Waals surface area contributed by atoms with E-state index >= 15 is 0 Å². The number of carbonyl (C=O) groups is 1. The maximum Gasteiger partial charge on any atom is 0.341 e. The lowest BCUT2D eigenvalue weighted by molar-refractivity contribution is 0.0696. The molecule has 0 aliphatic carbocycles. The van der Waals surface area contributed by atoms with Gasteiger partial charge in [0.1, 0.15) is 17.2 Å². The molecule has 0 amide bonds. The number of nitrogens with zero attached hydrogens (tertiary/aromatic N) is 3. The SMILES string of the molecule is COc1ccc(Cc2nc(C)c(C(=O)O)c(N)n2)cn1. The second-order valence-corrected chi connectivity index (χ2v) is 4.18. The third-order valence-corrected chi connectivity index (χ3v) is 2.75. The number of nitrogen functional groups attached to an aromatic ring is 1. The standard InChI is InChI=1S/C13H14N4O3/c1-7-11(13(18)19)12(14)17-9(16-7)5-8-3-4-10(20-2)15-6-8/h3-4,6H,5H2,1-2H3,(H,18,19)(H2,14,16,17). The summed E-state index contributed by atoms with van der Waals surface area (Å²) in [5.41, 5.74) is 6.83. The Hall–Kier alpha value is -2.70. The number of anilines is 1. The Morgan fingerprint density at radius 2 is 2.15 bits per heavy atom. The predicted octanol–water partition coefficient (Wildman–Crippen LogP) is 1.06. The molecule has 20 heavy (non-hydrogen) atoms. The van der Waals surface area contributed by atoms with Gasteiger partial charge in [-0.2, -0.15) is 0 Å². The molecule has 0 aliphatic rings. The van der Waals surface area contributed by atoms with E-state index in [0.29, 0.717) is 23.8 Å². The summed E-state index contributed by atoms with van der Waals surface area (Å²) in [4.78, 5) is 23.3. The smallest absolute Gasteiger partial charge is 0.341 e. The molecule has 0 unspecified atom stereocenters. The van der Waals surface area contributed by atoms with Crippen LogP contribution in [0.25, 0.3) is 0 Å². The van der Waals surface area contributed by atoms with Crippen LogP contribution in [0, 0.1) is 6.92 Å². The van der Waals surface area contributed by atoms with E-state index in [2.05, 4.69) is 15.0 Å². The number of aryl methyl sites for hydroxylation is 1. The molecule has 0 saturated carbocycles. The number of hydrogen-bond donors (Lipinski definition) is 2. The summed E-state index contributed by atoms with van der Waals surface area (Å²) in [6.45, 7) is 1.59. The highest BCUT2D eigenvalue weighted by atomic mass is 16.5. The maximum absolute atomic E-state index is 11.0. The summed E-state index contributed by atoms with van der Waals surface area (Å²) in [5, 5.41) is 9.00. The summed E-state index contributed by atoms with van der Waals surface area (Å²) < 4.78 is 4.97. The molecular weight excluding hydrogens is 260 g/mol. The number of rotatable bonds is 4. The number of hydrogen-bond acceptors (Lipinski definition) is 6. The molecule has 2 aromatic rings. The first-order chi connectivity index (χ1) is 9.51. The molecule has 0 fully saturated rings. The molecular formula is C13H14N4O3. The van der Waals surface area contributed by atoms with E-state index in [1.54, 1.807) is 26.3 Å². The first kappa shape index (κ1) is 13.7. The molecule has 0 saturated heterocycles. The Morgan fingerprint density at radius 1 is 1.40 bits per heavy atom. The molecule has 0 aliphatic heterocycles. The van der Waals surface area contributed by atoms with Gasteiger partial charge < -0.3 is 15.6 Å². The van der Waals surface area contributed by atoms with Gasteiger partial charge in [-0.05, 0) is 12.5 Å². The van der Waals surface area contributed by atoms with Crippen molar-refractivity contribution in [2.24, 2.45) is 0 Å². The molecule has 3 N–H and O–H groups in total. The Labute approximate surface area is 115 Å². The number of aromatic carboxylic acids is 1. The van der Waals surface area contributed by atoms with Crippen molar-refractivity contribution < 1.29 is 14.6 Å². The van der Waals surface area contributed by atoms with Crippen LogP contribution in [0.5, 0.6) is 5.88 Å². The lowest BCUT2D eigenvalue weighted by atomic mass is 10.1. The van der Waals surface area contributed by atoms with Crippen LogP contribution < -0.4 is 10.5 Å². The summed E-state index contributed by atoms with van der Waals surface area (Å²) >= 11 is 0. The lowest BCUT2D eigenvalue weighted by Crippen LogP contribution is -2.12. The summed E-state index contributed by atoms with van der Waals surface area (Å²) in [7, 11) is 1.54. The Morgan fingerprint density at radius 3 is 2.65 bits per heavy atom. The fourth-order valence-corrected chi connectivity index (χ4v) is 1.82. The van der Waals surface area contributed by atoms with Gasteiger partial charge in [-0.3, -0.25) is 0 Å². The van der Waals surface area contributed by atoms with E-state index in [1.165, 1.54) is 0 Å². The molecule has 0 aromatic carbocycles. The van der Waals surface area contributed by atoms with Crippen molar-refractivity contribution in [1.29, 1.82) is 0 Å². The fraction of sp³-hybridized carbons (Fsp3) is 0.231. The summed E-state index contributed by atoms with van der Waals surface area (Å²) in [5.74, 6) is -0.178. The van der Waals surface area contributed by atoms with Crippen LogP contribution in [0.15, 0.2) is 18.3 Å².